The molecular formula is C15H22N2O4. The smallest absolute Gasteiger partial charge is 0.303 e. The third-order valence-corrected chi connectivity index (χ3v) is 3.19. The Balaban J connectivity index is 2.68. The molecule has 116 valence electrons. The van der Waals surface area contributed by atoms with Crippen molar-refractivity contribution in [2.24, 2.45) is 5.73 Å². The number of ether oxygens (including phenoxy) is 1. The van der Waals surface area contributed by atoms with Crippen molar-refractivity contribution in [1.82, 2.24) is 5.32 Å². The van der Waals surface area contributed by atoms with E-state index in [1.54, 1.807) is 0 Å². The number of carboxylic acids is 1. The van der Waals surface area contributed by atoms with Gasteiger partial charge in [0.15, 0.2) is 0 Å². The summed E-state index contributed by atoms with van der Waals surface area (Å²) < 4.78 is 5.08. The molecule has 0 saturated carbocycles. The molecule has 6 nitrogen and oxygen atoms in total. The van der Waals surface area contributed by atoms with E-state index in [9.17, 15) is 9.59 Å². The van der Waals surface area contributed by atoms with Gasteiger partial charge in [0.05, 0.1) is 18.6 Å². The van der Waals surface area contributed by atoms with Gasteiger partial charge in [-0.2, -0.15) is 0 Å². The third kappa shape index (κ3) is 6.37. The second kappa shape index (κ2) is 9.10. The van der Waals surface area contributed by atoms with Gasteiger partial charge in [-0.3, -0.25) is 9.59 Å². The van der Waals surface area contributed by atoms with Gasteiger partial charge in [0.2, 0.25) is 5.91 Å². The van der Waals surface area contributed by atoms with Crippen molar-refractivity contribution in [2.45, 2.75) is 31.4 Å². The van der Waals surface area contributed by atoms with Crippen molar-refractivity contribution in [3.05, 3.63) is 35.9 Å². The second-order valence-corrected chi connectivity index (χ2v) is 4.76. The van der Waals surface area contributed by atoms with Crippen molar-refractivity contribution < 1.29 is 19.4 Å². The summed E-state index contributed by atoms with van der Waals surface area (Å²) in [4.78, 5) is 22.7. The zero-order valence-electron chi connectivity index (χ0n) is 12.1. The highest BCUT2D eigenvalue weighted by molar-refractivity contribution is 5.77. The van der Waals surface area contributed by atoms with E-state index in [4.69, 9.17) is 15.6 Å². The van der Waals surface area contributed by atoms with Gasteiger partial charge >= 0.3 is 5.97 Å². The van der Waals surface area contributed by atoms with Gasteiger partial charge in [0.25, 0.3) is 0 Å². The van der Waals surface area contributed by atoms with Gasteiger partial charge in [0.1, 0.15) is 0 Å². The molecule has 2 unspecified atom stereocenters. The maximum atomic E-state index is 12.0. The van der Waals surface area contributed by atoms with Crippen molar-refractivity contribution in [2.75, 3.05) is 13.7 Å². The van der Waals surface area contributed by atoms with Crippen molar-refractivity contribution in [1.29, 1.82) is 0 Å². The molecule has 0 radical (unpaired) electrons. The molecule has 1 amide bonds. The molecule has 4 N–H and O–H groups in total. The predicted molar refractivity (Wildman–Crippen MR) is 78.7 cm³/mol. The number of benzene rings is 1. The summed E-state index contributed by atoms with van der Waals surface area (Å²) in [5.74, 6) is -1.09. The molecule has 0 bridgehead atoms. The lowest BCUT2D eigenvalue weighted by Gasteiger charge is -2.20. The van der Waals surface area contributed by atoms with E-state index in [0.29, 0.717) is 6.42 Å². The monoisotopic (exact) mass is 294 g/mol. The van der Waals surface area contributed by atoms with Crippen LogP contribution in [0.15, 0.2) is 30.3 Å². The van der Waals surface area contributed by atoms with E-state index in [1.807, 2.05) is 30.3 Å². The molecule has 1 aromatic carbocycles. The second-order valence-electron chi connectivity index (χ2n) is 4.76. The normalized spacial score (nSPS) is 13.4. The van der Waals surface area contributed by atoms with Crippen LogP contribution in [-0.2, 0) is 14.3 Å². The van der Waals surface area contributed by atoms with Crippen LogP contribution in [0.5, 0.6) is 0 Å². The zero-order valence-corrected chi connectivity index (χ0v) is 12.1. The number of aliphatic carboxylic acids is 1. The summed E-state index contributed by atoms with van der Waals surface area (Å²) in [6.07, 6.45) is 0.153. The fraction of sp³-hybridized carbons (Fsp3) is 0.467. The van der Waals surface area contributed by atoms with Crippen LogP contribution >= 0.6 is 0 Å². The highest BCUT2D eigenvalue weighted by atomic mass is 16.5. The number of methoxy groups -OCH3 is 1. The number of hydrogen-bond acceptors (Lipinski definition) is 4. The molecule has 0 aliphatic rings. The maximum Gasteiger partial charge on any atom is 0.303 e. The largest absolute Gasteiger partial charge is 0.481 e. The molecular weight excluding hydrogens is 272 g/mol. The summed E-state index contributed by atoms with van der Waals surface area (Å²) >= 11 is 0. The average Bonchev–Trinajstić information content (AvgIpc) is 2.49. The first kappa shape index (κ1) is 17.1. The maximum absolute atomic E-state index is 12.0. The van der Waals surface area contributed by atoms with Gasteiger partial charge < -0.3 is 20.9 Å². The quantitative estimate of drug-likeness (QED) is 0.632. The Bertz CT molecular complexity index is 446. The average molecular weight is 294 g/mol. The molecule has 2 atom stereocenters. The van der Waals surface area contributed by atoms with Crippen LogP contribution in [0.4, 0.5) is 0 Å². The van der Waals surface area contributed by atoms with E-state index in [1.165, 1.54) is 7.11 Å². The van der Waals surface area contributed by atoms with Gasteiger partial charge in [-0.05, 0) is 12.0 Å². The first-order valence-corrected chi connectivity index (χ1v) is 6.85. The van der Waals surface area contributed by atoms with Crippen molar-refractivity contribution in [3.63, 3.8) is 0 Å². The van der Waals surface area contributed by atoms with Gasteiger partial charge in [0, 0.05) is 20.1 Å². The molecule has 6 heteroatoms. The summed E-state index contributed by atoms with van der Waals surface area (Å²) in [5.41, 5.74) is 6.37. The molecule has 0 saturated heterocycles. The number of carbonyl (C=O) groups excluding carboxylic acids is 1. The van der Waals surface area contributed by atoms with E-state index in [-0.39, 0.29) is 37.4 Å². The fourth-order valence-electron chi connectivity index (χ4n) is 2.00. The number of nitrogens with one attached hydrogen (secondary N) is 1. The van der Waals surface area contributed by atoms with Crippen LogP contribution in [0.3, 0.4) is 0 Å². The highest BCUT2D eigenvalue weighted by Crippen LogP contribution is 2.18. The fourth-order valence-corrected chi connectivity index (χ4v) is 2.00. The van der Waals surface area contributed by atoms with E-state index in [2.05, 4.69) is 5.32 Å². The van der Waals surface area contributed by atoms with E-state index in [0.717, 1.165) is 5.56 Å². The summed E-state index contributed by atoms with van der Waals surface area (Å²) in [6, 6.07) is 8.98. The van der Waals surface area contributed by atoms with E-state index < -0.39 is 5.97 Å². The molecule has 0 aromatic heterocycles. The number of nitrogens with two attached hydrogens (primary N) is 1. The molecule has 0 heterocycles. The topological polar surface area (TPSA) is 102 Å². The Morgan fingerprint density at radius 3 is 2.52 bits per heavy atom. The van der Waals surface area contributed by atoms with Crippen LogP contribution in [0.2, 0.25) is 0 Å². The lowest BCUT2D eigenvalue weighted by atomic mass is 10.0. The minimum atomic E-state index is -0.887. The number of carbonyl (C=O) groups is 2. The standard InChI is InChI=1S/C15H22N2O4/c1-21-12(10-16)9-14(18)17-13(7-8-15(19)20)11-5-3-2-4-6-11/h2-6,12-13H,7-10,16H2,1H3,(H,17,18)(H,19,20). The summed E-state index contributed by atoms with van der Waals surface area (Å²) in [7, 11) is 1.50. The number of hydrogen-bond donors (Lipinski definition) is 3. The Morgan fingerprint density at radius 2 is 2.00 bits per heavy atom. The van der Waals surface area contributed by atoms with Gasteiger partial charge in [-0.1, -0.05) is 30.3 Å². The third-order valence-electron chi connectivity index (χ3n) is 3.19. The van der Waals surface area contributed by atoms with Crippen LogP contribution in [0, 0.1) is 0 Å². The van der Waals surface area contributed by atoms with Crippen molar-refractivity contribution in [3.8, 4) is 0 Å². The van der Waals surface area contributed by atoms with Gasteiger partial charge in [-0.15, -0.1) is 0 Å². The van der Waals surface area contributed by atoms with Crippen LogP contribution in [0.25, 0.3) is 0 Å². The molecule has 1 aromatic rings. The Hall–Kier alpha value is -1.92. The minimum absolute atomic E-state index is 0.00949. The van der Waals surface area contributed by atoms with Gasteiger partial charge in [-0.25, -0.2) is 0 Å². The van der Waals surface area contributed by atoms with Crippen LogP contribution in [-0.4, -0.2) is 36.7 Å². The molecule has 0 spiro atoms. The highest BCUT2D eigenvalue weighted by Gasteiger charge is 2.18. The first-order valence-electron chi connectivity index (χ1n) is 6.85. The number of rotatable bonds is 9. The lowest BCUT2D eigenvalue weighted by molar-refractivity contribution is -0.137. The molecule has 0 aliphatic heterocycles. The Kier molecular flexibility index (Phi) is 7.42. The molecule has 21 heavy (non-hydrogen) atoms. The Morgan fingerprint density at radius 1 is 1.33 bits per heavy atom. The summed E-state index contributed by atoms with van der Waals surface area (Å²) in [5, 5.41) is 11.7. The number of amides is 1. The van der Waals surface area contributed by atoms with Crippen molar-refractivity contribution >= 4 is 11.9 Å². The zero-order chi connectivity index (χ0) is 15.7. The predicted octanol–water partition coefficient (Wildman–Crippen LogP) is 1.07. The molecule has 0 aliphatic carbocycles. The first-order chi connectivity index (χ1) is 10.1. The minimum Gasteiger partial charge on any atom is -0.481 e. The summed E-state index contributed by atoms with van der Waals surface area (Å²) in [6.45, 7) is 0.259. The lowest BCUT2D eigenvalue weighted by Crippen LogP contribution is -2.34. The molecule has 0 fully saturated rings. The molecule has 1 rings (SSSR count). The Labute approximate surface area is 124 Å². The van der Waals surface area contributed by atoms with E-state index >= 15 is 0 Å². The van der Waals surface area contributed by atoms with Crippen LogP contribution < -0.4 is 11.1 Å². The SMILES string of the molecule is COC(CN)CC(=O)NC(CCC(=O)O)c1ccccc1. The number of carboxylic acid groups (broad SMARTS) is 1. The van der Waals surface area contributed by atoms with Crippen LogP contribution in [0.1, 0.15) is 30.9 Å².